The molecule has 1 atom stereocenters. The molecular weight excluding hydrogens is 261 g/mol. The third-order valence-corrected chi connectivity index (χ3v) is 3.51. The number of hydrogen-bond donors (Lipinski definition) is 1. The van der Waals surface area contributed by atoms with Crippen molar-refractivity contribution in [2.45, 2.75) is 25.4 Å². The second kappa shape index (κ2) is 7.36. The largest absolute Gasteiger partial charge is 0.481 e. The number of morpholine rings is 1. The molecule has 0 radical (unpaired) electrons. The fourth-order valence-corrected chi connectivity index (χ4v) is 2.40. The highest BCUT2D eigenvalue weighted by Gasteiger charge is 2.21. The van der Waals surface area contributed by atoms with Gasteiger partial charge in [-0.1, -0.05) is 12.1 Å². The Hall–Kier alpha value is -1.46. The standard InChI is InChI=1S/C15H20FNO3/c16-13-6-4-12(5-7-13)14-11-17(9-10-20-14)8-2-1-3-15(18)19/h4-7,14H,1-3,8-11H2,(H,18,19). The van der Waals surface area contributed by atoms with E-state index in [0.717, 1.165) is 31.6 Å². The molecule has 110 valence electrons. The van der Waals surface area contributed by atoms with Gasteiger partial charge in [-0.2, -0.15) is 0 Å². The highest BCUT2D eigenvalue weighted by atomic mass is 19.1. The molecule has 0 aromatic heterocycles. The zero-order valence-electron chi connectivity index (χ0n) is 11.4. The lowest BCUT2D eigenvalue weighted by Gasteiger charge is -2.33. The summed E-state index contributed by atoms with van der Waals surface area (Å²) in [7, 11) is 0. The van der Waals surface area contributed by atoms with Gasteiger partial charge < -0.3 is 9.84 Å². The van der Waals surface area contributed by atoms with Gasteiger partial charge in [0, 0.05) is 19.5 Å². The number of hydrogen-bond acceptors (Lipinski definition) is 3. The maximum atomic E-state index is 12.9. The Morgan fingerprint density at radius 1 is 1.35 bits per heavy atom. The minimum absolute atomic E-state index is 0.0242. The van der Waals surface area contributed by atoms with Crippen LogP contribution in [0.2, 0.25) is 0 Å². The van der Waals surface area contributed by atoms with Crippen LogP contribution < -0.4 is 0 Å². The summed E-state index contributed by atoms with van der Waals surface area (Å²) in [4.78, 5) is 12.7. The molecule has 1 N–H and O–H groups in total. The van der Waals surface area contributed by atoms with Crippen LogP contribution in [0.4, 0.5) is 4.39 Å². The number of nitrogens with zero attached hydrogens (tertiary/aromatic N) is 1. The topological polar surface area (TPSA) is 49.8 Å². The van der Waals surface area contributed by atoms with Gasteiger partial charge in [0.25, 0.3) is 0 Å². The zero-order valence-corrected chi connectivity index (χ0v) is 11.4. The first-order valence-corrected chi connectivity index (χ1v) is 6.96. The van der Waals surface area contributed by atoms with E-state index in [2.05, 4.69) is 4.90 Å². The van der Waals surface area contributed by atoms with E-state index in [4.69, 9.17) is 9.84 Å². The molecule has 0 spiro atoms. The Morgan fingerprint density at radius 2 is 2.10 bits per heavy atom. The van der Waals surface area contributed by atoms with Crippen molar-refractivity contribution in [3.05, 3.63) is 35.6 Å². The van der Waals surface area contributed by atoms with Crippen LogP contribution in [0, 0.1) is 5.82 Å². The molecule has 0 bridgehead atoms. The Morgan fingerprint density at radius 3 is 2.80 bits per heavy atom. The molecule has 1 aliphatic rings. The van der Waals surface area contributed by atoms with Gasteiger partial charge in [0.1, 0.15) is 5.82 Å². The number of unbranched alkanes of at least 4 members (excludes halogenated alkanes) is 1. The van der Waals surface area contributed by atoms with E-state index >= 15 is 0 Å². The smallest absolute Gasteiger partial charge is 0.303 e. The van der Waals surface area contributed by atoms with E-state index in [1.54, 1.807) is 12.1 Å². The fraction of sp³-hybridized carbons (Fsp3) is 0.533. The van der Waals surface area contributed by atoms with Gasteiger partial charge in [0.15, 0.2) is 0 Å². The van der Waals surface area contributed by atoms with Crippen molar-refractivity contribution in [3.63, 3.8) is 0 Å². The molecule has 0 amide bonds. The van der Waals surface area contributed by atoms with Crippen molar-refractivity contribution >= 4 is 5.97 Å². The van der Waals surface area contributed by atoms with Crippen LogP contribution in [0.3, 0.4) is 0 Å². The molecule has 4 nitrogen and oxygen atoms in total. The maximum absolute atomic E-state index is 12.9. The van der Waals surface area contributed by atoms with Gasteiger partial charge in [0.2, 0.25) is 0 Å². The summed E-state index contributed by atoms with van der Waals surface area (Å²) in [5, 5.41) is 8.60. The molecular formula is C15H20FNO3. The average molecular weight is 281 g/mol. The maximum Gasteiger partial charge on any atom is 0.303 e. The van der Waals surface area contributed by atoms with E-state index in [9.17, 15) is 9.18 Å². The van der Waals surface area contributed by atoms with Gasteiger partial charge in [-0.05, 0) is 37.1 Å². The molecule has 2 rings (SSSR count). The summed E-state index contributed by atoms with van der Waals surface area (Å²) in [5.41, 5.74) is 0.988. The normalized spacial score (nSPS) is 19.9. The summed E-state index contributed by atoms with van der Waals surface area (Å²) < 4.78 is 18.6. The molecule has 1 saturated heterocycles. The molecule has 0 saturated carbocycles. The summed E-state index contributed by atoms with van der Waals surface area (Å²) >= 11 is 0. The van der Waals surface area contributed by atoms with E-state index in [1.165, 1.54) is 12.1 Å². The lowest BCUT2D eigenvalue weighted by molar-refractivity contribution is -0.137. The van der Waals surface area contributed by atoms with Gasteiger partial charge in [-0.25, -0.2) is 4.39 Å². The minimum atomic E-state index is -0.740. The van der Waals surface area contributed by atoms with Gasteiger partial charge in [-0.3, -0.25) is 9.69 Å². The number of carbonyl (C=O) groups is 1. The molecule has 1 fully saturated rings. The molecule has 20 heavy (non-hydrogen) atoms. The van der Waals surface area contributed by atoms with Crippen LogP contribution in [0.15, 0.2) is 24.3 Å². The van der Waals surface area contributed by atoms with Crippen molar-refractivity contribution in [1.29, 1.82) is 0 Å². The van der Waals surface area contributed by atoms with E-state index in [1.807, 2.05) is 0 Å². The van der Waals surface area contributed by atoms with Crippen LogP contribution in [-0.2, 0) is 9.53 Å². The molecule has 0 aliphatic carbocycles. The van der Waals surface area contributed by atoms with Crippen molar-refractivity contribution in [2.24, 2.45) is 0 Å². The molecule has 1 aromatic rings. The van der Waals surface area contributed by atoms with Crippen LogP contribution in [-0.4, -0.2) is 42.2 Å². The van der Waals surface area contributed by atoms with Crippen molar-refractivity contribution in [1.82, 2.24) is 4.90 Å². The Balaban J connectivity index is 1.79. The van der Waals surface area contributed by atoms with Crippen molar-refractivity contribution in [2.75, 3.05) is 26.2 Å². The number of benzene rings is 1. The third-order valence-electron chi connectivity index (χ3n) is 3.51. The predicted octanol–water partition coefficient (Wildman–Crippen LogP) is 2.45. The van der Waals surface area contributed by atoms with E-state index in [-0.39, 0.29) is 18.3 Å². The average Bonchev–Trinajstić information content (AvgIpc) is 2.44. The second-order valence-corrected chi connectivity index (χ2v) is 5.06. The lowest BCUT2D eigenvalue weighted by Crippen LogP contribution is -2.38. The first kappa shape index (κ1) is 14.9. The number of aliphatic carboxylic acids is 1. The Bertz CT molecular complexity index is 435. The molecule has 1 heterocycles. The molecule has 1 unspecified atom stereocenters. The number of halogens is 1. The van der Waals surface area contributed by atoms with E-state index < -0.39 is 5.97 Å². The number of rotatable bonds is 6. The van der Waals surface area contributed by atoms with Crippen LogP contribution in [0.5, 0.6) is 0 Å². The second-order valence-electron chi connectivity index (χ2n) is 5.06. The summed E-state index contributed by atoms with van der Waals surface area (Å²) in [5.74, 6) is -0.980. The van der Waals surface area contributed by atoms with Crippen LogP contribution in [0.1, 0.15) is 30.9 Å². The van der Waals surface area contributed by atoms with Crippen LogP contribution in [0.25, 0.3) is 0 Å². The Kier molecular flexibility index (Phi) is 5.49. The van der Waals surface area contributed by atoms with Crippen molar-refractivity contribution in [3.8, 4) is 0 Å². The summed E-state index contributed by atoms with van der Waals surface area (Å²) in [6, 6.07) is 6.41. The number of carboxylic acid groups (broad SMARTS) is 1. The van der Waals surface area contributed by atoms with Gasteiger partial charge >= 0.3 is 5.97 Å². The zero-order chi connectivity index (χ0) is 14.4. The van der Waals surface area contributed by atoms with Gasteiger partial charge in [-0.15, -0.1) is 0 Å². The quantitative estimate of drug-likeness (QED) is 0.814. The summed E-state index contributed by atoms with van der Waals surface area (Å²) in [6.45, 7) is 3.18. The molecule has 1 aromatic carbocycles. The van der Waals surface area contributed by atoms with E-state index in [0.29, 0.717) is 13.0 Å². The first-order chi connectivity index (χ1) is 9.65. The summed E-state index contributed by atoms with van der Waals surface area (Å²) in [6.07, 6.45) is 1.78. The van der Waals surface area contributed by atoms with Crippen LogP contribution >= 0.6 is 0 Å². The molecule has 1 aliphatic heterocycles. The lowest BCUT2D eigenvalue weighted by atomic mass is 10.1. The minimum Gasteiger partial charge on any atom is -0.481 e. The number of ether oxygens (including phenoxy) is 1. The highest BCUT2D eigenvalue weighted by molar-refractivity contribution is 5.66. The predicted molar refractivity (Wildman–Crippen MR) is 73.0 cm³/mol. The van der Waals surface area contributed by atoms with Gasteiger partial charge in [0.05, 0.1) is 12.7 Å². The fourth-order valence-electron chi connectivity index (χ4n) is 2.40. The monoisotopic (exact) mass is 281 g/mol. The van der Waals surface area contributed by atoms with Crippen molar-refractivity contribution < 1.29 is 19.0 Å². The SMILES string of the molecule is O=C(O)CCCCN1CCOC(c2ccc(F)cc2)C1. The first-order valence-electron chi connectivity index (χ1n) is 6.96. The third kappa shape index (κ3) is 4.58. The number of carboxylic acids is 1. The Labute approximate surface area is 118 Å². The molecule has 5 heteroatoms. The highest BCUT2D eigenvalue weighted by Crippen LogP contribution is 2.22.